The number of hydrogen-bond donors (Lipinski definition) is 2. The smallest absolute Gasteiger partial charge is 0.120 e. The van der Waals surface area contributed by atoms with Crippen LogP contribution in [0.3, 0.4) is 0 Å². The molecule has 17 heavy (non-hydrogen) atoms. The van der Waals surface area contributed by atoms with Gasteiger partial charge in [0.05, 0.1) is 0 Å². The van der Waals surface area contributed by atoms with Gasteiger partial charge in [-0.15, -0.1) is 0 Å². The zero-order chi connectivity index (χ0) is 12.5. The van der Waals surface area contributed by atoms with Crippen LogP contribution < -0.4 is 5.32 Å². The number of ether oxygens (including phenoxy) is 1. The second-order valence-corrected chi connectivity index (χ2v) is 4.83. The molecule has 0 fully saturated rings. The van der Waals surface area contributed by atoms with Crippen molar-refractivity contribution in [3.8, 4) is 5.75 Å². The Hall–Kier alpha value is -0.580. The van der Waals surface area contributed by atoms with Gasteiger partial charge in [-0.05, 0) is 37.6 Å². The van der Waals surface area contributed by atoms with Crippen LogP contribution in [0.15, 0.2) is 22.7 Å². The molecule has 1 rings (SSSR count). The van der Waals surface area contributed by atoms with Crippen molar-refractivity contribution in [1.82, 2.24) is 5.32 Å². The number of phenolic OH excluding ortho intramolecular Hbond substituents is 1. The van der Waals surface area contributed by atoms with Crippen molar-refractivity contribution < 1.29 is 9.84 Å². The van der Waals surface area contributed by atoms with Crippen molar-refractivity contribution in [2.24, 2.45) is 0 Å². The Balaban J connectivity index is 2.15. The van der Waals surface area contributed by atoms with E-state index >= 15 is 0 Å². The number of hydrogen-bond acceptors (Lipinski definition) is 3. The van der Waals surface area contributed by atoms with Crippen LogP contribution in [0.25, 0.3) is 0 Å². The minimum absolute atomic E-state index is 0.336. The Bertz CT molecular complexity index is 331. The highest BCUT2D eigenvalue weighted by atomic mass is 79.9. The van der Waals surface area contributed by atoms with E-state index in [4.69, 9.17) is 4.74 Å². The van der Waals surface area contributed by atoms with E-state index in [-0.39, 0.29) is 0 Å². The number of phenols is 1. The number of benzene rings is 1. The minimum atomic E-state index is 0.336. The first kappa shape index (κ1) is 14.5. The van der Waals surface area contributed by atoms with E-state index in [9.17, 15) is 5.11 Å². The minimum Gasteiger partial charge on any atom is -0.508 e. The lowest BCUT2D eigenvalue weighted by atomic mass is 10.2. The first-order valence-electron chi connectivity index (χ1n) is 6.00. The second kappa shape index (κ2) is 8.50. The predicted octanol–water partition coefficient (Wildman–Crippen LogP) is 3.06. The van der Waals surface area contributed by atoms with Crippen LogP contribution in [0.2, 0.25) is 0 Å². The van der Waals surface area contributed by atoms with Crippen molar-refractivity contribution in [1.29, 1.82) is 0 Å². The quantitative estimate of drug-likeness (QED) is 0.725. The topological polar surface area (TPSA) is 41.5 Å². The molecular formula is C13H20BrNO2. The summed E-state index contributed by atoms with van der Waals surface area (Å²) in [6, 6.07) is 5.46. The summed E-state index contributed by atoms with van der Waals surface area (Å²) in [5.41, 5.74) is 0.911. The fourth-order valence-corrected chi connectivity index (χ4v) is 1.87. The molecule has 3 nitrogen and oxygen atoms in total. The summed E-state index contributed by atoms with van der Waals surface area (Å²) in [5.74, 6) is 0.336. The highest BCUT2D eigenvalue weighted by Crippen LogP contribution is 2.21. The summed E-state index contributed by atoms with van der Waals surface area (Å²) in [6.07, 6.45) is 2.06. The van der Waals surface area contributed by atoms with E-state index in [2.05, 4.69) is 28.2 Å². The van der Waals surface area contributed by atoms with Crippen molar-refractivity contribution in [3.63, 3.8) is 0 Å². The van der Waals surface area contributed by atoms with Crippen LogP contribution in [0.1, 0.15) is 25.3 Å². The van der Waals surface area contributed by atoms with Crippen molar-refractivity contribution in [2.45, 2.75) is 26.3 Å². The molecule has 0 amide bonds. The van der Waals surface area contributed by atoms with Gasteiger partial charge in [0, 0.05) is 29.8 Å². The average molecular weight is 302 g/mol. The molecule has 0 saturated carbocycles. The van der Waals surface area contributed by atoms with Crippen LogP contribution in [0.5, 0.6) is 5.75 Å². The van der Waals surface area contributed by atoms with E-state index < -0.39 is 0 Å². The normalized spacial score (nSPS) is 10.7. The van der Waals surface area contributed by atoms with E-state index in [0.717, 1.165) is 42.6 Å². The summed E-state index contributed by atoms with van der Waals surface area (Å²) >= 11 is 3.39. The monoisotopic (exact) mass is 301 g/mol. The van der Waals surface area contributed by atoms with Crippen LogP contribution in [0.4, 0.5) is 0 Å². The third-order valence-electron chi connectivity index (χ3n) is 2.35. The maximum absolute atomic E-state index is 9.62. The molecule has 0 heterocycles. The van der Waals surface area contributed by atoms with Gasteiger partial charge in [-0.25, -0.2) is 0 Å². The average Bonchev–Trinajstić information content (AvgIpc) is 2.32. The zero-order valence-electron chi connectivity index (χ0n) is 10.2. The molecule has 96 valence electrons. The number of rotatable bonds is 8. The first-order chi connectivity index (χ1) is 8.24. The number of nitrogens with one attached hydrogen (secondary N) is 1. The second-order valence-electron chi connectivity index (χ2n) is 3.92. The number of aromatic hydroxyl groups is 1. The zero-order valence-corrected chi connectivity index (χ0v) is 11.8. The highest BCUT2D eigenvalue weighted by molar-refractivity contribution is 9.10. The molecule has 0 atom stereocenters. The van der Waals surface area contributed by atoms with Crippen molar-refractivity contribution in [3.05, 3.63) is 28.2 Å². The Kier molecular flexibility index (Phi) is 7.24. The van der Waals surface area contributed by atoms with Gasteiger partial charge in [0.25, 0.3) is 0 Å². The molecule has 2 N–H and O–H groups in total. The molecule has 1 aromatic carbocycles. The summed E-state index contributed by atoms with van der Waals surface area (Å²) in [7, 11) is 0. The van der Waals surface area contributed by atoms with E-state index in [1.807, 2.05) is 12.1 Å². The molecular weight excluding hydrogens is 282 g/mol. The van der Waals surface area contributed by atoms with Crippen LogP contribution >= 0.6 is 15.9 Å². The standard InChI is InChI=1S/C13H20BrNO2/c1-2-7-17-8-3-6-15-10-11-9-12(14)4-5-13(11)16/h4-5,9,15-16H,2-3,6-8,10H2,1H3. The highest BCUT2D eigenvalue weighted by Gasteiger charge is 2.00. The van der Waals surface area contributed by atoms with Gasteiger partial charge < -0.3 is 15.2 Å². The van der Waals surface area contributed by atoms with E-state index in [1.165, 1.54) is 0 Å². The molecule has 0 aromatic heterocycles. The molecule has 0 saturated heterocycles. The molecule has 0 radical (unpaired) electrons. The molecule has 0 unspecified atom stereocenters. The Morgan fingerprint density at radius 2 is 2.18 bits per heavy atom. The summed E-state index contributed by atoms with van der Waals surface area (Å²) in [5, 5.41) is 12.9. The third kappa shape index (κ3) is 6.05. The van der Waals surface area contributed by atoms with Crippen molar-refractivity contribution >= 4 is 15.9 Å². The maximum Gasteiger partial charge on any atom is 0.120 e. The molecule has 0 spiro atoms. The number of halogens is 1. The van der Waals surface area contributed by atoms with Gasteiger partial charge in [0.15, 0.2) is 0 Å². The Morgan fingerprint density at radius 3 is 2.94 bits per heavy atom. The lowest BCUT2D eigenvalue weighted by molar-refractivity contribution is 0.132. The van der Waals surface area contributed by atoms with Gasteiger partial charge in [-0.3, -0.25) is 0 Å². The first-order valence-corrected chi connectivity index (χ1v) is 6.79. The lowest BCUT2D eigenvalue weighted by Gasteiger charge is -2.07. The third-order valence-corrected chi connectivity index (χ3v) is 2.84. The Labute approximate surface area is 111 Å². The fraction of sp³-hybridized carbons (Fsp3) is 0.538. The van der Waals surface area contributed by atoms with Gasteiger partial charge in [-0.1, -0.05) is 22.9 Å². The van der Waals surface area contributed by atoms with Gasteiger partial charge in [0.2, 0.25) is 0 Å². The molecule has 0 aliphatic carbocycles. The summed E-state index contributed by atoms with van der Waals surface area (Å²) in [4.78, 5) is 0. The summed E-state index contributed by atoms with van der Waals surface area (Å²) < 4.78 is 6.37. The molecule has 0 aliphatic heterocycles. The van der Waals surface area contributed by atoms with E-state index in [1.54, 1.807) is 6.07 Å². The van der Waals surface area contributed by atoms with Gasteiger partial charge in [-0.2, -0.15) is 0 Å². The van der Waals surface area contributed by atoms with Crippen LogP contribution in [-0.2, 0) is 11.3 Å². The molecule has 0 bridgehead atoms. The van der Waals surface area contributed by atoms with Gasteiger partial charge in [0.1, 0.15) is 5.75 Å². The maximum atomic E-state index is 9.62. The van der Waals surface area contributed by atoms with Crippen LogP contribution in [0, 0.1) is 0 Å². The van der Waals surface area contributed by atoms with Gasteiger partial charge >= 0.3 is 0 Å². The molecule has 4 heteroatoms. The Morgan fingerprint density at radius 1 is 1.35 bits per heavy atom. The van der Waals surface area contributed by atoms with Crippen molar-refractivity contribution in [2.75, 3.05) is 19.8 Å². The largest absolute Gasteiger partial charge is 0.508 e. The van der Waals surface area contributed by atoms with Crippen LogP contribution in [-0.4, -0.2) is 24.9 Å². The SMILES string of the molecule is CCCOCCCNCc1cc(Br)ccc1O. The predicted molar refractivity (Wildman–Crippen MR) is 73.2 cm³/mol. The summed E-state index contributed by atoms with van der Waals surface area (Å²) in [6.45, 7) is 5.32. The fourth-order valence-electron chi connectivity index (χ4n) is 1.46. The van der Waals surface area contributed by atoms with E-state index in [0.29, 0.717) is 12.3 Å². The molecule has 1 aromatic rings. The lowest BCUT2D eigenvalue weighted by Crippen LogP contribution is -2.16. The molecule has 0 aliphatic rings.